The lowest BCUT2D eigenvalue weighted by molar-refractivity contribution is 0.0954. The van der Waals surface area contributed by atoms with Crippen molar-refractivity contribution in [2.24, 2.45) is 0 Å². The Hall–Kier alpha value is -3.32. The molecule has 28 heavy (non-hydrogen) atoms. The molecule has 3 heterocycles. The van der Waals surface area contributed by atoms with Crippen LogP contribution in [0.15, 0.2) is 61.1 Å². The number of pyridine rings is 1. The minimum Gasteiger partial charge on any atom is -0.346 e. The first-order valence-corrected chi connectivity index (χ1v) is 9.68. The van der Waals surface area contributed by atoms with Gasteiger partial charge in [-0.25, -0.2) is 9.97 Å². The molecule has 7 heteroatoms. The van der Waals surface area contributed by atoms with Gasteiger partial charge < -0.3 is 10.2 Å². The maximum absolute atomic E-state index is 12.8. The number of thiophene rings is 1. The van der Waals surface area contributed by atoms with Crippen molar-refractivity contribution in [3.8, 4) is 0 Å². The molecule has 0 aliphatic heterocycles. The number of aromatic nitrogens is 3. The number of aryl methyl sites for hydroxylation is 1. The minimum atomic E-state index is -0.125. The highest BCUT2D eigenvalue weighted by molar-refractivity contribution is 7.20. The van der Waals surface area contributed by atoms with Gasteiger partial charge in [-0.1, -0.05) is 24.3 Å². The van der Waals surface area contributed by atoms with E-state index in [2.05, 4.69) is 20.3 Å². The van der Waals surface area contributed by atoms with E-state index in [1.807, 2.05) is 67.4 Å². The highest BCUT2D eigenvalue weighted by atomic mass is 32.1. The molecule has 140 valence electrons. The molecule has 6 nitrogen and oxygen atoms in total. The predicted octanol–water partition coefficient (Wildman–Crippen LogP) is 4.09. The molecule has 0 bridgehead atoms. The largest absolute Gasteiger partial charge is 0.346 e. The monoisotopic (exact) mass is 389 g/mol. The topological polar surface area (TPSA) is 71.0 Å². The van der Waals surface area contributed by atoms with Crippen molar-refractivity contribution in [1.29, 1.82) is 0 Å². The van der Waals surface area contributed by atoms with Crippen molar-refractivity contribution in [3.63, 3.8) is 0 Å². The zero-order chi connectivity index (χ0) is 19.5. The Morgan fingerprint density at radius 2 is 1.86 bits per heavy atom. The molecule has 4 aromatic rings. The van der Waals surface area contributed by atoms with Crippen molar-refractivity contribution in [2.75, 3.05) is 11.9 Å². The molecule has 1 aromatic carbocycles. The second-order valence-electron chi connectivity index (χ2n) is 6.33. The Morgan fingerprint density at radius 3 is 2.61 bits per heavy atom. The van der Waals surface area contributed by atoms with E-state index in [4.69, 9.17) is 0 Å². The number of nitrogens with zero attached hydrogens (tertiary/aromatic N) is 4. The number of hydrogen-bond donors (Lipinski definition) is 1. The Balaban J connectivity index is 1.66. The summed E-state index contributed by atoms with van der Waals surface area (Å²) in [4.78, 5) is 29.3. The summed E-state index contributed by atoms with van der Waals surface area (Å²) in [6.45, 7) is 2.33. The molecular weight excluding hydrogens is 370 g/mol. The maximum Gasteiger partial charge on any atom is 0.262 e. The van der Waals surface area contributed by atoms with E-state index < -0.39 is 0 Å². The second kappa shape index (κ2) is 7.74. The van der Waals surface area contributed by atoms with Crippen LogP contribution in [0.1, 0.15) is 20.9 Å². The van der Waals surface area contributed by atoms with Gasteiger partial charge in [0.05, 0.1) is 22.5 Å². The van der Waals surface area contributed by atoms with Gasteiger partial charge in [-0.3, -0.25) is 9.78 Å². The third kappa shape index (κ3) is 3.44. The van der Waals surface area contributed by atoms with Crippen LogP contribution in [0.2, 0.25) is 0 Å². The second-order valence-corrected chi connectivity index (χ2v) is 7.33. The van der Waals surface area contributed by atoms with Gasteiger partial charge in [0.1, 0.15) is 17.0 Å². The lowest BCUT2D eigenvalue weighted by Gasteiger charge is -2.19. The van der Waals surface area contributed by atoms with Gasteiger partial charge in [-0.05, 0) is 36.8 Å². The first-order valence-electron chi connectivity index (χ1n) is 8.86. The third-order valence-electron chi connectivity index (χ3n) is 4.53. The summed E-state index contributed by atoms with van der Waals surface area (Å²) < 4.78 is 0. The average Bonchev–Trinajstić information content (AvgIpc) is 3.10. The normalized spacial score (nSPS) is 10.8. The Kier molecular flexibility index (Phi) is 4.99. The average molecular weight is 389 g/mol. The van der Waals surface area contributed by atoms with Gasteiger partial charge in [-0.15, -0.1) is 11.3 Å². The molecule has 0 unspecified atom stereocenters. The Morgan fingerprint density at radius 1 is 1.07 bits per heavy atom. The molecule has 0 saturated carbocycles. The fraction of sp³-hybridized carbons (Fsp3) is 0.143. The lowest BCUT2D eigenvalue weighted by atomic mass is 10.2. The van der Waals surface area contributed by atoms with Crippen molar-refractivity contribution in [3.05, 3.63) is 77.2 Å². The Labute approximate surface area is 166 Å². The van der Waals surface area contributed by atoms with Gasteiger partial charge in [-0.2, -0.15) is 0 Å². The number of rotatable bonds is 5. The molecule has 0 radical (unpaired) electrons. The number of benzene rings is 1. The van der Waals surface area contributed by atoms with Crippen molar-refractivity contribution < 1.29 is 4.79 Å². The van der Waals surface area contributed by atoms with E-state index in [0.717, 1.165) is 33.0 Å². The van der Waals surface area contributed by atoms with Gasteiger partial charge in [0.2, 0.25) is 0 Å². The van der Waals surface area contributed by atoms with Crippen LogP contribution in [0.4, 0.5) is 11.5 Å². The fourth-order valence-electron chi connectivity index (χ4n) is 3.05. The van der Waals surface area contributed by atoms with E-state index in [1.165, 1.54) is 11.3 Å². The number of para-hydroxylation sites is 1. The van der Waals surface area contributed by atoms with E-state index in [0.29, 0.717) is 11.4 Å². The molecule has 0 aliphatic rings. The highest BCUT2D eigenvalue weighted by Crippen LogP contribution is 2.36. The van der Waals surface area contributed by atoms with E-state index in [1.54, 1.807) is 12.5 Å². The summed E-state index contributed by atoms with van der Waals surface area (Å²) in [5, 5.41) is 3.85. The maximum atomic E-state index is 12.8. The highest BCUT2D eigenvalue weighted by Gasteiger charge is 2.21. The van der Waals surface area contributed by atoms with Crippen LogP contribution in [0.25, 0.3) is 10.2 Å². The van der Waals surface area contributed by atoms with Crippen LogP contribution >= 0.6 is 11.3 Å². The summed E-state index contributed by atoms with van der Waals surface area (Å²) in [5.74, 6) is 0.660. The van der Waals surface area contributed by atoms with E-state index in [9.17, 15) is 4.79 Å². The fourth-order valence-corrected chi connectivity index (χ4v) is 4.11. The SMILES string of the molecule is Cc1c(C(=O)NCc2ccccn2)sc2ncnc(N(C)c3ccccc3)c12. The van der Waals surface area contributed by atoms with Gasteiger partial charge in [0.15, 0.2) is 0 Å². The molecule has 1 N–H and O–H groups in total. The van der Waals surface area contributed by atoms with E-state index >= 15 is 0 Å². The van der Waals surface area contributed by atoms with Crippen LogP contribution in [0, 0.1) is 6.92 Å². The zero-order valence-electron chi connectivity index (χ0n) is 15.6. The van der Waals surface area contributed by atoms with Crippen molar-refractivity contribution in [2.45, 2.75) is 13.5 Å². The summed E-state index contributed by atoms with van der Waals surface area (Å²) >= 11 is 1.38. The van der Waals surface area contributed by atoms with Gasteiger partial charge >= 0.3 is 0 Å². The minimum absolute atomic E-state index is 0.125. The number of fused-ring (bicyclic) bond motifs is 1. The quantitative estimate of drug-likeness (QED) is 0.557. The molecule has 4 rings (SSSR count). The summed E-state index contributed by atoms with van der Waals surface area (Å²) in [6, 6.07) is 15.6. The number of anilines is 2. The first kappa shape index (κ1) is 18.1. The third-order valence-corrected chi connectivity index (χ3v) is 5.73. The van der Waals surface area contributed by atoms with Gasteiger partial charge in [0.25, 0.3) is 5.91 Å². The molecule has 1 amide bonds. The molecule has 0 atom stereocenters. The van der Waals surface area contributed by atoms with Crippen LogP contribution in [0.3, 0.4) is 0 Å². The van der Waals surface area contributed by atoms with Crippen LogP contribution in [0.5, 0.6) is 0 Å². The van der Waals surface area contributed by atoms with Crippen LogP contribution in [-0.2, 0) is 6.54 Å². The lowest BCUT2D eigenvalue weighted by Crippen LogP contribution is -2.23. The number of carbonyl (C=O) groups is 1. The molecule has 0 spiro atoms. The van der Waals surface area contributed by atoms with E-state index in [-0.39, 0.29) is 5.91 Å². The molecule has 0 fully saturated rings. The first-order chi connectivity index (χ1) is 13.6. The molecule has 0 saturated heterocycles. The van der Waals surface area contributed by atoms with Crippen molar-refractivity contribution >= 4 is 39.0 Å². The molecule has 0 aliphatic carbocycles. The number of carbonyl (C=O) groups excluding carboxylic acids is 1. The van der Waals surface area contributed by atoms with Gasteiger partial charge in [0, 0.05) is 18.9 Å². The summed E-state index contributed by atoms with van der Waals surface area (Å²) in [7, 11) is 1.97. The Bertz CT molecular complexity index is 1110. The predicted molar refractivity (Wildman–Crippen MR) is 112 cm³/mol. The number of amides is 1. The summed E-state index contributed by atoms with van der Waals surface area (Å²) in [6.07, 6.45) is 3.26. The molecule has 3 aromatic heterocycles. The number of hydrogen-bond acceptors (Lipinski definition) is 6. The van der Waals surface area contributed by atoms with Crippen LogP contribution < -0.4 is 10.2 Å². The van der Waals surface area contributed by atoms with Crippen molar-refractivity contribution in [1.82, 2.24) is 20.3 Å². The smallest absolute Gasteiger partial charge is 0.262 e. The van der Waals surface area contributed by atoms with Crippen LogP contribution in [-0.4, -0.2) is 27.9 Å². The molecular formula is C21H19N5OS. The standard InChI is InChI=1S/C21H19N5OS/c1-14-17-19(26(2)16-9-4-3-5-10-16)24-13-25-21(17)28-18(14)20(27)23-12-15-8-6-7-11-22-15/h3-11,13H,12H2,1-2H3,(H,23,27). The number of nitrogens with one attached hydrogen (secondary N) is 1. The zero-order valence-corrected chi connectivity index (χ0v) is 16.4. The summed E-state index contributed by atoms with van der Waals surface area (Å²) in [5.41, 5.74) is 2.73.